The Morgan fingerprint density at radius 3 is 2.35 bits per heavy atom. The molecule has 0 saturated carbocycles. The number of sulfonamides is 1. The van der Waals surface area contributed by atoms with Crippen molar-refractivity contribution in [3.63, 3.8) is 0 Å². The van der Waals surface area contributed by atoms with Gasteiger partial charge in [-0.2, -0.15) is 17.7 Å². The van der Waals surface area contributed by atoms with Gasteiger partial charge in [0.05, 0.1) is 12.2 Å². The number of carbonyl (C=O) groups is 1. The van der Waals surface area contributed by atoms with Crippen LogP contribution in [-0.4, -0.2) is 35.4 Å². The van der Waals surface area contributed by atoms with Crippen LogP contribution < -0.4 is 15.1 Å². The first-order valence-corrected chi connectivity index (χ1v) is 10.5. The van der Waals surface area contributed by atoms with Crippen LogP contribution in [0.25, 0.3) is 0 Å². The number of alkyl halides is 6. The van der Waals surface area contributed by atoms with Crippen molar-refractivity contribution in [3.8, 4) is 6.01 Å². The second-order valence-electron chi connectivity index (χ2n) is 5.65. The van der Waals surface area contributed by atoms with E-state index in [1.165, 1.54) is 29.5 Å². The van der Waals surface area contributed by atoms with Crippen LogP contribution in [0.4, 0.5) is 31.1 Å². The molecule has 0 aliphatic rings. The van der Waals surface area contributed by atoms with E-state index in [9.17, 15) is 44.3 Å². The molecular formula is C14H11F6IN4O5S. The minimum Gasteiger partial charge on any atom is -0.463 e. The van der Waals surface area contributed by atoms with Crippen molar-refractivity contribution in [3.05, 3.63) is 37.8 Å². The van der Waals surface area contributed by atoms with Crippen molar-refractivity contribution in [2.45, 2.75) is 30.7 Å². The van der Waals surface area contributed by atoms with E-state index in [0.717, 1.165) is 16.9 Å². The summed E-state index contributed by atoms with van der Waals surface area (Å²) in [6.45, 7) is 1.19. The van der Waals surface area contributed by atoms with Crippen LogP contribution in [-0.2, 0) is 22.5 Å². The summed E-state index contributed by atoms with van der Waals surface area (Å²) in [5, 5.41) is 3.01. The third kappa shape index (κ3) is 5.31. The zero-order valence-corrected chi connectivity index (χ0v) is 18.1. The molecule has 0 fully saturated rings. The number of hydrogen-bond acceptors (Lipinski definition) is 6. The van der Waals surface area contributed by atoms with Crippen molar-refractivity contribution in [2.24, 2.45) is 0 Å². The van der Waals surface area contributed by atoms with E-state index >= 15 is 0 Å². The number of rotatable bonds is 5. The average Bonchev–Trinajstić information content (AvgIpc) is 2.95. The van der Waals surface area contributed by atoms with Gasteiger partial charge in [-0.05, 0) is 41.1 Å². The summed E-state index contributed by atoms with van der Waals surface area (Å²) in [5.41, 5.74) is -3.76. The SMILES string of the molecule is CCCOc1nn(C(=O)NS(=O)(=O)c2c(I)cccc2C(F)(F)F)c(=O)n1C(F)(F)F. The minimum atomic E-state index is -5.38. The molecule has 0 radical (unpaired) electrons. The molecule has 0 bridgehead atoms. The Hall–Kier alpha value is -2.31. The molecule has 1 N–H and O–H groups in total. The van der Waals surface area contributed by atoms with Crippen molar-refractivity contribution in [1.29, 1.82) is 0 Å². The highest BCUT2D eigenvalue weighted by atomic mass is 127. The highest BCUT2D eigenvalue weighted by Gasteiger charge is 2.41. The first-order chi connectivity index (χ1) is 14.1. The Labute approximate surface area is 183 Å². The van der Waals surface area contributed by atoms with Crippen LogP contribution in [0.5, 0.6) is 6.01 Å². The van der Waals surface area contributed by atoms with E-state index < -0.39 is 63.5 Å². The van der Waals surface area contributed by atoms with Gasteiger partial charge in [0.25, 0.3) is 10.0 Å². The first kappa shape index (κ1) is 25.0. The third-order valence-corrected chi connectivity index (χ3v) is 6.08. The maximum absolute atomic E-state index is 13.2. The van der Waals surface area contributed by atoms with Gasteiger partial charge in [-0.1, -0.05) is 13.0 Å². The molecule has 0 spiro atoms. The van der Waals surface area contributed by atoms with Gasteiger partial charge < -0.3 is 4.74 Å². The lowest BCUT2D eigenvalue weighted by molar-refractivity contribution is -0.209. The lowest BCUT2D eigenvalue weighted by atomic mass is 10.2. The van der Waals surface area contributed by atoms with Crippen LogP contribution in [0.2, 0.25) is 0 Å². The Morgan fingerprint density at radius 2 is 1.84 bits per heavy atom. The molecule has 0 aliphatic heterocycles. The zero-order valence-electron chi connectivity index (χ0n) is 15.1. The number of carbonyl (C=O) groups excluding carboxylic acids is 1. The number of nitrogens with one attached hydrogen (secondary N) is 1. The Morgan fingerprint density at radius 1 is 1.23 bits per heavy atom. The summed E-state index contributed by atoms with van der Waals surface area (Å²) in [5.74, 6) is 0. The number of aromatic nitrogens is 3. The average molecular weight is 588 g/mol. The highest BCUT2D eigenvalue weighted by Crippen LogP contribution is 2.36. The van der Waals surface area contributed by atoms with Crippen LogP contribution in [0.3, 0.4) is 0 Å². The molecule has 31 heavy (non-hydrogen) atoms. The summed E-state index contributed by atoms with van der Waals surface area (Å²) < 4.78 is 108. The van der Waals surface area contributed by atoms with Gasteiger partial charge in [-0.3, -0.25) is 0 Å². The van der Waals surface area contributed by atoms with Gasteiger partial charge in [0, 0.05) is 3.57 Å². The van der Waals surface area contributed by atoms with E-state index in [2.05, 4.69) is 9.84 Å². The molecule has 0 atom stereocenters. The maximum atomic E-state index is 13.2. The van der Waals surface area contributed by atoms with Crippen molar-refractivity contribution in [1.82, 2.24) is 19.1 Å². The minimum absolute atomic E-state index is 0.201. The molecule has 2 rings (SSSR count). The van der Waals surface area contributed by atoms with E-state index in [1.54, 1.807) is 0 Å². The normalized spacial score (nSPS) is 12.6. The molecular weight excluding hydrogens is 577 g/mol. The molecule has 0 unspecified atom stereocenters. The standard InChI is InChI=1S/C14H11F6IN4O5S/c1-2-6-30-11-22-25(12(27)24(11)14(18,19)20)10(26)23-31(28,29)9-7(13(15,16)17)4-3-5-8(9)21/h3-5H,2,6H2,1H3,(H,23,26). The number of benzene rings is 1. The fraction of sp³-hybridized carbons (Fsp3) is 0.357. The number of halogens is 7. The summed E-state index contributed by atoms with van der Waals surface area (Å²) in [6, 6.07) is -1.05. The lowest BCUT2D eigenvalue weighted by Crippen LogP contribution is -2.42. The molecule has 1 amide bonds. The number of ether oxygens (including phenoxy) is 1. The van der Waals surface area contributed by atoms with Crippen molar-refractivity contribution in [2.75, 3.05) is 6.61 Å². The number of amides is 1. The summed E-state index contributed by atoms with van der Waals surface area (Å²) in [4.78, 5) is 22.8. The predicted molar refractivity (Wildman–Crippen MR) is 98.8 cm³/mol. The number of nitrogens with zero attached hydrogens (tertiary/aromatic N) is 3. The molecule has 1 aromatic carbocycles. The largest absolute Gasteiger partial charge is 0.496 e. The molecule has 9 nitrogen and oxygen atoms in total. The fourth-order valence-corrected chi connectivity index (χ4v) is 4.78. The van der Waals surface area contributed by atoms with Gasteiger partial charge in [0.2, 0.25) is 0 Å². The maximum Gasteiger partial charge on any atom is 0.496 e. The number of hydrogen-bond donors (Lipinski definition) is 1. The monoisotopic (exact) mass is 588 g/mol. The molecule has 2 aromatic rings. The summed E-state index contributed by atoms with van der Waals surface area (Å²) in [7, 11) is -5.28. The second kappa shape index (κ2) is 8.67. The molecule has 1 heterocycles. The quantitative estimate of drug-likeness (QED) is 0.425. The molecule has 17 heteroatoms. The lowest BCUT2D eigenvalue weighted by Gasteiger charge is -2.15. The molecule has 1 aromatic heterocycles. The second-order valence-corrected chi connectivity index (χ2v) is 8.44. The smallest absolute Gasteiger partial charge is 0.463 e. The van der Waals surface area contributed by atoms with E-state index in [-0.39, 0.29) is 13.0 Å². The van der Waals surface area contributed by atoms with Gasteiger partial charge in [-0.25, -0.2) is 22.7 Å². The first-order valence-electron chi connectivity index (χ1n) is 7.96. The van der Waals surface area contributed by atoms with E-state index in [0.29, 0.717) is 6.07 Å². The Balaban J connectivity index is 2.54. The Bertz CT molecular complexity index is 1160. The molecule has 0 saturated heterocycles. The van der Waals surface area contributed by atoms with Crippen molar-refractivity contribution < 1.29 is 44.3 Å². The topological polar surface area (TPSA) is 112 Å². The summed E-state index contributed by atoms with van der Waals surface area (Å²) >= 11 is 1.27. The van der Waals surface area contributed by atoms with Crippen molar-refractivity contribution >= 4 is 38.6 Å². The fourth-order valence-electron chi connectivity index (χ4n) is 2.20. The van der Waals surface area contributed by atoms with Gasteiger partial charge >= 0.3 is 30.2 Å². The van der Waals surface area contributed by atoms with Crippen LogP contribution in [0.1, 0.15) is 18.9 Å². The highest BCUT2D eigenvalue weighted by molar-refractivity contribution is 14.1. The van der Waals surface area contributed by atoms with Crippen LogP contribution >= 0.6 is 22.6 Å². The summed E-state index contributed by atoms with van der Waals surface area (Å²) in [6.07, 6.45) is -10.3. The zero-order chi connectivity index (χ0) is 23.8. The van der Waals surface area contributed by atoms with Crippen LogP contribution in [0, 0.1) is 3.57 Å². The third-order valence-electron chi connectivity index (χ3n) is 3.39. The van der Waals surface area contributed by atoms with Crippen LogP contribution in [0.15, 0.2) is 27.9 Å². The van der Waals surface area contributed by atoms with Gasteiger partial charge in [0.1, 0.15) is 4.90 Å². The predicted octanol–water partition coefficient (Wildman–Crippen LogP) is 2.88. The van der Waals surface area contributed by atoms with Gasteiger partial charge in [0.15, 0.2) is 0 Å². The molecule has 0 aliphatic carbocycles. The Kier molecular flexibility index (Phi) is 6.98. The van der Waals surface area contributed by atoms with Gasteiger partial charge in [-0.15, -0.1) is 23.0 Å². The van der Waals surface area contributed by atoms with E-state index in [1.807, 2.05) is 0 Å². The molecule has 172 valence electrons. The van der Waals surface area contributed by atoms with E-state index in [4.69, 9.17) is 0 Å².